The summed E-state index contributed by atoms with van der Waals surface area (Å²) in [7, 11) is 1.68. The van der Waals surface area contributed by atoms with E-state index in [2.05, 4.69) is 5.32 Å². The van der Waals surface area contributed by atoms with Gasteiger partial charge in [-0.25, -0.2) is 0 Å². The predicted octanol–water partition coefficient (Wildman–Crippen LogP) is 2.62. The van der Waals surface area contributed by atoms with Gasteiger partial charge < -0.3 is 19.7 Å². The maximum absolute atomic E-state index is 13.1. The van der Waals surface area contributed by atoms with Crippen molar-refractivity contribution in [3.8, 4) is 5.75 Å². The lowest BCUT2D eigenvalue weighted by atomic mass is 9.97. The molecule has 3 rings (SSSR count). The molecular formula is C19H29ClN2O3. The van der Waals surface area contributed by atoms with Gasteiger partial charge in [0, 0.05) is 31.8 Å². The van der Waals surface area contributed by atoms with Crippen LogP contribution in [0.2, 0.25) is 0 Å². The van der Waals surface area contributed by atoms with Crippen molar-refractivity contribution < 1.29 is 14.3 Å². The maximum atomic E-state index is 13.1. The van der Waals surface area contributed by atoms with Crippen molar-refractivity contribution in [2.24, 2.45) is 5.92 Å². The highest BCUT2D eigenvalue weighted by Crippen LogP contribution is 2.23. The number of piperidine rings is 1. The number of benzene rings is 1. The first-order chi connectivity index (χ1) is 11.8. The first-order valence-electron chi connectivity index (χ1n) is 9.01. The second-order valence-corrected chi connectivity index (χ2v) is 6.71. The van der Waals surface area contributed by atoms with Gasteiger partial charge in [0.05, 0.1) is 19.1 Å². The largest absolute Gasteiger partial charge is 0.496 e. The zero-order chi connectivity index (χ0) is 16.8. The number of halogens is 1. The van der Waals surface area contributed by atoms with Crippen LogP contribution in [0.3, 0.4) is 0 Å². The highest BCUT2D eigenvalue weighted by Gasteiger charge is 2.29. The molecule has 25 heavy (non-hydrogen) atoms. The number of carbonyl (C=O) groups is 1. The van der Waals surface area contributed by atoms with Crippen LogP contribution >= 0.6 is 12.4 Å². The quantitative estimate of drug-likeness (QED) is 0.838. The second kappa shape index (κ2) is 10.00. The van der Waals surface area contributed by atoms with Gasteiger partial charge in [0.25, 0.3) is 0 Å². The molecule has 1 N–H and O–H groups in total. The molecule has 2 heterocycles. The first-order valence-corrected chi connectivity index (χ1v) is 9.01. The number of carbonyl (C=O) groups excluding carboxylic acids is 1. The lowest BCUT2D eigenvalue weighted by molar-refractivity contribution is -0.138. The monoisotopic (exact) mass is 368 g/mol. The van der Waals surface area contributed by atoms with Crippen molar-refractivity contribution in [3.63, 3.8) is 0 Å². The maximum Gasteiger partial charge on any atom is 0.227 e. The molecule has 5 nitrogen and oxygen atoms in total. The van der Waals surface area contributed by atoms with E-state index in [1.165, 1.54) is 0 Å². The Labute approximate surface area is 156 Å². The molecule has 0 aliphatic carbocycles. The third kappa shape index (κ3) is 5.33. The summed E-state index contributed by atoms with van der Waals surface area (Å²) in [6.45, 7) is 3.87. The summed E-state index contributed by atoms with van der Waals surface area (Å²) in [5.74, 6) is 1.16. The number of nitrogens with one attached hydrogen (secondary N) is 1. The predicted molar refractivity (Wildman–Crippen MR) is 100 cm³/mol. The Kier molecular flexibility index (Phi) is 8.00. The Morgan fingerprint density at radius 2 is 2.16 bits per heavy atom. The van der Waals surface area contributed by atoms with Crippen molar-refractivity contribution in [1.82, 2.24) is 10.2 Å². The summed E-state index contributed by atoms with van der Waals surface area (Å²) in [6.07, 6.45) is 4.34. The Morgan fingerprint density at radius 3 is 2.84 bits per heavy atom. The molecule has 0 radical (unpaired) electrons. The van der Waals surface area contributed by atoms with Gasteiger partial charge in [-0.3, -0.25) is 4.79 Å². The molecular weight excluding hydrogens is 340 g/mol. The minimum absolute atomic E-state index is 0. The zero-order valence-corrected chi connectivity index (χ0v) is 15.7. The first kappa shape index (κ1) is 20.0. The number of hydrogen-bond acceptors (Lipinski definition) is 4. The van der Waals surface area contributed by atoms with Crippen LogP contribution in [-0.4, -0.2) is 50.3 Å². The van der Waals surface area contributed by atoms with Crippen molar-refractivity contribution in [1.29, 1.82) is 0 Å². The summed E-state index contributed by atoms with van der Waals surface area (Å²) in [5, 5.41) is 3.35. The molecule has 140 valence electrons. The average Bonchev–Trinajstić information content (AvgIpc) is 3.15. The van der Waals surface area contributed by atoms with E-state index < -0.39 is 0 Å². The van der Waals surface area contributed by atoms with Crippen LogP contribution in [0.25, 0.3) is 0 Å². The fourth-order valence-corrected chi connectivity index (χ4v) is 3.63. The molecule has 2 fully saturated rings. The lowest BCUT2D eigenvalue weighted by Crippen LogP contribution is -2.45. The molecule has 1 amide bonds. The minimum Gasteiger partial charge on any atom is -0.496 e. The fraction of sp³-hybridized carbons (Fsp3) is 0.632. The topological polar surface area (TPSA) is 50.8 Å². The Hall–Kier alpha value is -1.30. The van der Waals surface area contributed by atoms with Crippen LogP contribution < -0.4 is 10.1 Å². The molecule has 0 bridgehead atoms. The van der Waals surface area contributed by atoms with Gasteiger partial charge in [0.15, 0.2) is 0 Å². The number of methoxy groups -OCH3 is 1. The molecule has 2 unspecified atom stereocenters. The summed E-state index contributed by atoms with van der Waals surface area (Å²) >= 11 is 0. The van der Waals surface area contributed by atoms with E-state index in [1.807, 2.05) is 29.2 Å². The van der Waals surface area contributed by atoms with Gasteiger partial charge in [0.2, 0.25) is 5.91 Å². The number of amides is 1. The molecule has 0 aromatic heterocycles. The van der Waals surface area contributed by atoms with Gasteiger partial charge in [-0.05, 0) is 38.3 Å². The number of rotatable bonds is 6. The van der Waals surface area contributed by atoms with Crippen molar-refractivity contribution >= 4 is 18.3 Å². The normalized spacial score (nSPS) is 22.9. The van der Waals surface area contributed by atoms with E-state index in [4.69, 9.17) is 9.47 Å². The van der Waals surface area contributed by atoms with Crippen molar-refractivity contribution in [2.45, 2.75) is 38.3 Å². The van der Waals surface area contributed by atoms with E-state index in [0.29, 0.717) is 13.1 Å². The molecule has 1 aromatic rings. The second-order valence-electron chi connectivity index (χ2n) is 6.71. The third-order valence-corrected chi connectivity index (χ3v) is 4.96. The van der Waals surface area contributed by atoms with Gasteiger partial charge in [-0.1, -0.05) is 18.2 Å². The number of ether oxygens (including phenoxy) is 2. The van der Waals surface area contributed by atoms with Crippen LogP contribution in [0, 0.1) is 5.92 Å². The van der Waals surface area contributed by atoms with Crippen LogP contribution in [0.5, 0.6) is 5.75 Å². The summed E-state index contributed by atoms with van der Waals surface area (Å²) in [6, 6.07) is 7.94. The van der Waals surface area contributed by atoms with Crippen LogP contribution in [0.15, 0.2) is 24.3 Å². The molecule has 2 aliphatic heterocycles. The smallest absolute Gasteiger partial charge is 0.227 e. The molecule has 2 aliphatic rings. The Morgan fingerprint density at radius 1 is 1.32 bits per heavy atom. The Balaban J connectivity index is 0.00000225. The third-order valence-electron chi connectivity index (χ3n) is 4.96. The SMILES string of the molecule is COc1ccccc1CN(CC1CCCO1)C(=O)C1CCCNC1.Cl. The van der Waals surface area contributed by atoms with Gasteiger partial charge >= 0.3 is 0 Å². The van der Waals surface area contributed by atoms with E-state index in [-0.39, 0.29) is 30.3 Å². The molecule has 2 atom stereocenters. The molecule has 0 saturated carbocycles. The van der Waals surface area contributed by atoms with Gasteiger partial charge in [-0.2, -0.15) is 0 Å². The number of hydrogen-bond donors (Lipinski definition) is 1. The number of para-hydroxylation sites is 1. The summed E-state index contributed by atoms with van der Waals surface area (Å²) in [5.41, 5.74) is 1.05. The lowest BCUT2D eigenvalue weighted by Gasteiger charge is -2.31. The molecule has 1 aromatic carbocycles. The minimum atomic E-state index is 0. The highest BCUT2D eigenvalue weighted by atomic mass is 35.5. The van der Waals surface area contributed by atoms with Crippen molar-refractivity contribution in [3.05, 3.63) is 29.8 Å². The van der Waals surface area contributed by atoms with E-state index in [9.17, 15) is 4.79 Å². The standard InChI is InChI=1S/C19H28N2O3.ClH/c1-23-18-9-3-2-6-16(18)13-21(14-17-8-5-11-24-17)19(22)15-7-4-10-20-12-15;/h2-3,6,9,15,17,20H,4-5,7-8,10-14H2,1H3;1H. The molecule has 0 spiro atoms. The van der Waals surface area contributed by atoms with Gasteiger partial charge in [0.1, 0.15) is 5.75 Å². The Bertz CT molecular complexity index is 543. The van der Waals surface area contributed by atoms with Crippen LogP contribution in [0.4, 0.5) is 0 Å². The van der Waals surface area contributed by atoms with E-state index in [1.54, 1.807) is 7.11 Å². The van der Waals surface area contributed by atoms with Crippen LogP contribution in [-0.2, 0) is 16.1 Å². The van der Waals surface area contributed by atoms with E-state index >= 15 is 0 Å². The van der Waals surface area contributed by atoms with E-state index in [0.717, 1.165) is 56.7 Å². The summed E-state index contributed by atoms with van der Waals surface area (Å²) < 4.78 is 11.2. The highest BCUT2D eigenvalue weighted by molar-refractivity contribution is 5.85. The van der Waals surface area contributed by atoms with Gasteiger partial charge in [-0.15, -0.1) is 12.4 Å². The van der Waals surface area contributed by atoms with Crippen LogP contribution in [0.1, 0.15) is 31.2 Å². The average molecular weight is 369 g/mol. The number of nitrogens with zero attached hydrogens (tertiary/aromatic N) is 1. The summed E-state index contributed by atoms with van der Waals surface area (Å²) in [4.78, 5) is 15.1. The molecule has 6 heteroatoms. The fourth-order valence-electron chi connectivity index (χ4n) is 3.63. The van der Waals surface area contributed by atoms with Crippen molar-refractivity contribution in [2.75, 3.05) is 33.4 Å². The zero-order valence-electron chi connectivity index (χ0n) is 14.9. The molecule has 2 saturated heterocycles.